The van der Waals surface area contributed by atoms with Crippen molar-refractivity contribution < 1.29 is 21.6 Å². The van der Waals surface area contributed by atoms with Crippen LogP contribution in [0.25, 0.3) is 0 Å². The van der Waals surface area contributed by atoms with E-state index in [1.165, 1.54) is 23.5 Å². The van der Waals surface area contributed by atoms with E-state index in [9.17, 15) is 21.6 Å². The first-order valence-electron chi connectivity index (χ1n) is 7.42. The molecule has 0 saturated heterocycles. The summed E-state index contributed by atoms with van der Waals surface area (Å²) in [6.07, 6.45) is 0. The van der Waals surface area contributed by atoms with Crippen molar-refractivity contribution >= 4 is 27.0 Å². The first kappa shape index (κ1) is 18.4. The van der Waals surface area contributed by atoms with Crippen molar-refractivity contribution in [2.45, 2.75) is 18.4 Å². The predicted molar refractivity (Wildman–Crippen MR) is 93.0 cm³/mol. The van der Waals surface area contributed by atoms with Gasteiger partial charge in [-0.05, 0) is 43.3 Å². The van der Waals surface area contributed by atoms with E-state index in [2.05, 4.69) is 4.98 Å². The van der Waals surface area contributed by atoms with Gasteiger partial charge in [0.1, 0.15) is 22.3 Å². The van der Waals surface area contributed by atoms with E-state index in [-0.39, 0.29) is 12.2 Å². The van der Waals surface area contributed by atoms with E-state index in [1.807, 2.05) is 0 Å². The third-order valence-corrected chi connectivity index (χ3v) is 6.18. The SMILES string of the molecule is Cc1nc(CN(c2ccc(F)cc2)S(=O)(=O)c2ccc(F)cc2F)cs1. The first-order chi connectivity index (χ1) is 12.3. The van der Waals surface area contributed by atoms with Crippen molar-refractivity contribution in [1.29, 1.82) is 0 Å². The molecule has 0 atom stereocenters. The van der Waals surface area contributed by atoms with Crippen molar-refractivity contribution in [3.05, 3.63) is 76.0 Å². The number of benzene rings is 2. The summed E-state index contributed by atoms with van der Waals surface area (Å²) < 4.78 is 67.4. The first-order valence-corrected chi connectivity index (χ1v) is 9.74. The van der Waals surface area contributed by atoms with Crippen LogP contribution in [0.1, 0.15) is 10.7 Å². The van der Waals surface area contributed by atoms with Gasteiger partial charge in [-0.25, -0.2) is 26.6 Å². The molecule has 0 aliphatic heterocycles. The van der Waals surface area contributed by atoms with Crippen LogP contribution in [-0.4, -0.2) is 13.4 Å². The highest BCUT2D eigenvalue weighted by Crippen LogP contribution is 2.28. The van der Waals surface area contributed by atoms with Gasteiger partial charge in [0.05, 0.1) is 22.9 Å². The van der Waals surface area contributed by atoms with Crippen LogP contribution in [0, 0.1) is 24.4 Å². The Balaban J connectivity index is 2.10. The molecule has 0 spiro atoms. The molecule has 0 unspecified atom stereocenters. The molecular weight excluding hydrogens is 385 g/mol. The van der Waals surface area contributed by atoms with Crippen LogP contribution >= 0.6 is 11.3 Å². The second-order valence-electron chi connectivity index (χ2n) is 5.42. The van der Waals surface area contributed by atoms with Crippen molar-refractivity contribution in [2.75, 3.05) is 4.31 Å². The number of nitrogens with zero attached hydrogens (tertiary/aromatic N) is 2. The molecule has 0 amide bonds. The quantitative estimate of drug-likeness (QED) is 0.645. The van der Waals surface area contributed by atoms with Crippen molar-refractivity contribution in [1.82, 2.24) is 4.98 Å². The fourth-order valence-corrected chi connectivity index (χ4v) is 4.44. The minimum absolute atomic E-state index is 0.140. The van der Waals surface area contributed by atoms with E-state index >= 15 is 0 Å². The molecule has 0 radical (unpaired) electrons. The third-order valence-electron chi connectivity index (χ3n) is 3.55. The molecule has 4 nitrogen and oxygen atoms in total. The highest BCUT2D eigenvalue weighted by molar-refractivity contribution is 7.92. The van der Waals surface area contributed by atoms with Crippen LogP contribution in [-0.2, 0) is 16.6 Å². The molecule has 3 rings (SSSR count). The largest absolute Gasteiger partial charge is 0.267 e. The molecule has 26 heavy (non-hydrogen) atoms. The van der Waals surface area contributed by atoms with Crippen LogP contribution < -0.4 is 4.31 Å². The molecule has 9 heteroatoms. The van der Waals surface area contributed by atoms with Gasteiger partial charge in [0.25, 0.3) is 10.0 Å². The molecule has 136 valence electrons. The average molecular weight is 398 g/mol. The summed E-state index contributed by atoms with van der Waals surface area (Å²) in [4.78, 5) is 3.55. The van der Waals surface area contributed by atoms with Gasteiger partial charge < -0.3 is 0 Å². The minimum Gasteiger partial charge on any atom is -0.260 e. The van der Waals surface area contributed by atoms with E-state index in [1.54, 1.807) is 12.3 Å². The fourth-order valence-electron chi connectivity index (χ4n) is 2.35. The molecule has 0 saturated carbocycles. The highest BCUT2D eigenvalue weighted by Gasteiger charge is 2.29. The standard InChI is InChI=1S/C17H13F3N2O2S2/c1-11-21-14(10-25-11)9-22(15-5-2-12(18)3-6-15)26(23,24)17-7-4-13(19)8-16(17)20/h2-8,10H,9H2,1H3. The molecule has 0 aliphatic rings. The van der Waals surface area contributed by atoms with Crippen LogP contribution in [0.4, 0.5) is 18.9 Å². The van der Waals surface area contributed by atoms with Gasteiger partial charge in [-0.2, -0.15) is 0 Å². The summed E-state index contributed by atoms with van der Waals surface area (Å²) in [5.74, 6) is -2.62. The maximum absolute atomic E-state index is 14.1. The van der Waals surface area contributed by atoms with E-state index < -0.39 is 32.4 Å². The lowest BCUT2D eigenvalue weighted by Gasteiger charge is -2.24. The lowest BCUT2D eigenvalue weighted by molar-refractivity contribution is 0.546. The van der Waals surface area contributed by atoms with Crippen LogP contribution in [0.5, 0.6) is 0 Å². The number of anilines is 1. The number of halogens is 3. The van der Waals surface area contributed by atoms with Gasteiger partial charge >= 0.3 is 0 Å². The second kappa shape index (κ2) is 7.08. The second-order valence-corrected chi connectivity index (χ2v) is 8.31. The topological polar surface area (TPSA) is 50.3 Å². The predicted octanol–water partition coefficient (Wildman–Crippen LogP) is 4.26. The minimum atomic E-state index is -4.37. The molecule has 0 aliphatic carbocycles. The Labute approximate surface area is 152 Å². The number of hydrogen-bond acceptors (Lipinski definition) is 4. The number of aryl methyl sites for hydroxylation is 1. The zero-order valence-corrected chi connectivity index (χ0v) is 15.1. The normalized spacial score (nSPS) is 11.5. The summed E-state index contributed by atoms with van der Waals surface area (Å²) in [5.41, 5.74) is 0.601. The maximum Gasteiger partial charge on any atom is 0.267 e. The molecule has 1 heterocycles. The summed E-state index contributed by atoms with van der Waals surface area (Å²) in [7, 11) is -4.37. The Bertz CT molecular complexity index is 1030. The number of rotatable bonds is 5. The Morgan fingerprint density at radius 3 is 2.27 bits per heavy atom. The van der Waals surface area contributed by atoms with Gasteiger partial charge in [0.2, 0.25) is 0 Å². The monoisotopic (exact) mass is 398 g/mol. The molecule has 3 aromatic rings. The summed E-state index contributed by atoms with van der Waals surface area (Å²) in [6, 6.07) is 6.98. The van der Waals surface area contributed by atoms with Gasteiger partial charge in [-0.15, -0.1) is 11.3 Å². The number of sulfonamides is 1. The molecule has 0 fully saturated rings. The number of thiazole rings is 1. The maximum atomic E-state index is 14.1. The highest BCUT2D eigenvalue weighted by atomic mass is 32.2. The van der Waals surface area contributed by atoms with Gasteiger partial charge in [-0.1, -0.05) is 0 Å². The molecule has 2 aromatic carbocycles. The zero-order chi connectivity index (χ0) is 18.9. The lowest BCUT2D eigenvalue weighted by atomic mass is 10.3. The van der Waals surface area contributed by atoms with Gasteiger partial charge in [0, 0.05) is 11.4 Å². The number of hydrogen-bond donors (Lipinski definition) is 0. The van der Waals surface area contributed by atoms with Crippen LogP contribution in [0.2, 0.25) is 0 Å². The van der Waals surface area contributed by atoms with Crippen molar-refractivity contribution in [3.63, 3.8) is 0 Å². The van der Waals surface area contributed by atoms with Crippen molar-refractivity contribution in [2.24, 2.45) is 0 Å². The molecule has 0 bridgehead atoms. The Morgan fingerprint density at radius 2 is 1.69 bits per heavy atom. The lowest BCUT2D eigenvalue weighted by Crippen LogP contribution is -2.31. The van der Waals surface area contributed by atoms with Gasteiger partial charge in [0.15, 0.2) is 0 Å². The third kappa shape index (κ3) is 3.73. The molecular formula is C17H13F3N2O2S2. The van der Waals surface area contributed by atoms with E-state index in [0.29, 0.717) is 11.8 Å². The van der Waals surface area contributed by atoms with E-state index in [0.717, 1.165) is 33.6 Å². The van der Waals surface area contributed by atoms with Gasteiger partial charge in [-0.3, -0.25) is 4.31 Å². The summed E-state index contributed by atoms with van der Waals surface area (Å²) in [6.45, 7) is 1.60. The number of aromatic nitrogens is 1. The Hall–Kier alpha value is -2.39. The summed E-state index contributed by atoms with van der Waals surface area (Å²) >= 11 is 1.34. The smallest absolute Gasteiger partial charge is 0.260 e. The summed E-state index contributed by atoms with van der Waals surface area (Å²) in [5, 5.41) is 2.42. The molecule has 1 aromatic heterocycles. The Morgan fingerprint density at radius 1 is 1.04 bits per heavy atom. The van der Waals surface area contributed by atoms with Crippen molar-refractivity contribution in [3.8, 4) is 0 Å². The Kier molecular flexibility index (Phi) is 5.01. The van der Waals surface area contributed by atoms with E-state index in [4.69, 9.17) is 0 Å². The fraction of sp³-hybridized carbons (Fsp3) is 0.118. The molecule has 0 N–H and O–H groups in total. The average Bonchev–Trinajstić information content (AvgIpc) is 2.98. The zero-order valence-electron chi connectivity index (χ0n) is 13.5. The van der Waals surface area contributed by atoms with Crippen LogP contribution in [0.15, 0.2) is 52.7 Å². The van der Waals surface area contributed by atoms with Crippen LogP contribution in [0.3, 0.4) is 0 Å².